The number of methoxy groups -OCH3 is 2. The number of nitrogens with one attached hydrogen (secondary N) is 1. The van der Waals surface area contributed by atoms with E-state index in [4.69, 9.17) is 9.47 Å². The SMILES string of the molecule is COc1ccc(OC)c(-n2nnc(C(=O)Nc3ccccc3C(C)(C)C)c2C)c1. The lowest BCUT2D eigenvalue weighted by molar-refractivity contribution is 0.102. The summed E-state index contributed by atoms with van der Waals surface area (Å²) in [5, 5.41) is 11.3. The number of anilines is 1. The van der Waals surface area contributed by atoms with E-state index in [1.807, 2.05) is 24.3 Å². The van der Waals surface area contributed by atoms with E-state index < -0.39 is 0 Å². The van der Waals surface area contributed by atoms with Gasteiger partial charge in [0, 0.05) is 11.8 Å². The van der Waals surface area contributed by atoms with E-state index in [-0.39, 0.29) is 17.0 Å². The Morgan fingerprint density at radius 2 is 1.79 bits per heavy atom. The maximum absolute atomic E-state index is 13.0. The molecule has 7 nitrogen and oxygen atoms in total. The number of aromatic nitrogens is 3. The Morgan fingerprint density at radius 1 is 1.07 bits per heavy atom. The minimum Gasteiger partial charge on any atom is -0.497 e. The maximum atomic E-state index is 13.0. The molecule has 29 heavy (non-hydrogen) atoms. The van der Waals surface area contributed by atoms with E-state index >= 15 is 0 Å². The molecule has 0 fully saturated rings. The first-order valence-corrected chi connectivity index (χ1v) is 9.32. The highest BCUT2D eigenvalue weighted by molar-refractivity contribution is 6.04. The second-order valence-electron chi connectivity index (χ2n) is 7.72. The Labute approximate surface area is 170 Å². The minimum atomic E-state index is -0.313. The molecule has 1 amide bonds. The summed E-state index contributed by atoms with van der Waals surface area (Å²) in [6.07, 6.45) is 0. The van der Waals surface area contributed by atoms with Crippen molar-refractivity contribution in [1.29, 1.82) is 0 Å². The van der Waals surface area contributed by atoms with Gasteiger partial charge in [0.25, 0.3) is 5.91 Å². The molecule has 152 valence electrons. The highest BCUT2D eigenvalue weighted by atomic mass is 16.5. The number of ether oxygens (including phenoxy) is 2. The number of nitrogens with zero attached hydrogens (tertiary/aromatic N) is 3. The third-order valence-corrected chi connectivity index (χ3v) is 4.71. The number of carbonyl (C=O) groups is 1. The zero-order valence-corrected chi connectivity index (χ0v) is 17.6. The molecule has 7 heteroatoms. The van der Waals surface area contributed by atoms with Crippen LogP contribution >= 0.6 is 0 Å². The van der Waals surface area contributed by atoms with Crippen molar-refractivity contribution in [3.63, 3.8) is 0 Å². The molecule has 2 aromatic carbocycles. The first-order chi connectivity index (χ1) is 13.8. The number of carbonyl (C=O) groups excluding carboxylic acids is 1. The summed E-state index contributed by atoms with van der Waals surface area (Å²) >= 11 is 0. The molecule has 3 aromatic rings. The molecule has 0 aliphatic carbocycles. The monoisotopic (exact) mass is 394 g/mol. The van der Waals surface area contributed by atoms with Crippen molar-refractivity contribution < 1.29 is 14.3 Å². The van der Waals surface area contributed by atoms with Crippen molar-refractivity contribution in [2.75, 3.05) is 19.5 Å². The van der Waals surface area contributed by atoms with E-state index in [1.165, 1.54) is 0 Å². The first kappa shape index (κ1) is 20.4. The first-order valence-electron chi connectivity index (χ1n) is 9.32. The van der Waals surface area contributed by atoms with E-state index in [2.05, 4.69) is 36.4 Å². The summed E-state index contributed by atoms with van der Waals surface area (Å²) in [5.41, 5.74) is 3.20. The zero-order valence-electron chi connectivity index (χ0n) is 17.6. The summed E-state index contributed by atoms with van der Waals surface area (Å²) < 4.78 is 12.3. The predicted molar refractivity (Wildman–Crippen MR) is 112 cm³/mol. The quantitative estimate of drug-likeness (QED) is 0.704. The van der Waals surface area contributed by atoms with Crippen LogP contribution in [0.5, 0.6) is 11.5 Å². The second-order valence-corrected chi connectivity index (χ2v) is 7.72. The van der Waals surface area contributed by atoms with Crippen molar-refractivity contribution in [3.8, 4) is 17.2 Å². The fourth-order valence-electron chi connectivity index (χ4n) is 3.16. The van der Waals surface area contributed by atoms with Gasteiger partial charge < -0.3 is 14.8 Å². The van der Waals surface area contributed by atoms with Crippen molar-refractivity contribution in [2.24, 2.45) is 0 Å². The molecule has 0 atom stereocenters. The maximum Gasteiger partial charge on any atom is 0.278 e. The van der Waals surface area contributed by atoms with Crippen LogP contribution in [0.25, 0.3) is 5.69 Å². The molecule has 0 aliphatic rings. The van der Waals surface area contributed by atoms with Gasteiger partial charge in [0.2, 0.25) is 0 Å². The van der Waals surface area contributed by atoms with E-state index in [0.717, 1.165) is 11.3 Å². The van der Waals surface area contributed by atoms with E-state index in [9.17, 15) is 4.79 Å². The Balaban J connectivity index is 1.96. The minimum absolute atomic E-state index is 0.107. The van der Waals surface area contributed by atoms with Gasteiger partial charge >= 0.3 is 0 Å². The van der Waals surface area contributed by atoms with Gasteiger partial charge in [-0.3, -0.25) is 4.79 Å². The van der Waals surface area contributed by atoms with Crippen LogP contribution < -0.4 is 14.8 Å². The number of para-hydroxylation sites is 1. The summed E-state index contributed by atoms with van der Waals surface area (Å²) in [4.78, 5) is 13.0. The molecule has 0 aliphatic heterocycles. The van der Waals surface area contributed by atoms with Gasteiger partial charge in [0.15, 0.2) is 5.69 Å². The molecule has 0 saturated heterocycles. The molecule has 0 spiro atoms. The van der Waals surface area contributed by atoms with E-state index in [0.29, 0.717) is 22.9 Å². The van der Waals surface area contributed by atoms with Crippen LogP contribution in [-0.2, 0) is 5.41 Å². The lowest BCUT2D eigenvalue weighted by Gasteiger charge is -2.22. The van der Waals surface area contributed by atoms with Crippen LogP contribution in [0, 0.1) is 6.92 Å². The molecule has 0 radical (unpaired) electrons. The molecule has 0 saturated carbocycles. The van der Waals surface area contributed by atoms with Crippen molar-refractivity contribution in [2.45, 2.75) is 33.1 Å². The van der Waals surface area contributed by atoms with Crippen LogP contribution in [0.15, 0.2) is 42.5 Å². The molecule has 1 N–H and O–H groups in total. The standard InChI is InChI=1S/C22H26N4O3/c1-14-20(21(27)23-17-10-8-7-9-16(17)22(2,3)4)24-25-26(14)18-13-15(28-5)11-12-19(18)29-6/h7-13H,1-6H3,(H,23,27). The smallest absolute Gasteiger partial charge is 0.278 e. The van der Waals surface area contributed by atoms with Gasteiger partial charge in [-0.1, -0.05) is 44.2 Å². The van der Waals surface area contributed by atoms with Crippen LogP contribution in [0.2, 0.25) is 0 Å². The second kappa shape index (κ2) is 7.95. The molecular formula is C22H26N4O3. The highest BCUT2D eigenvalue weighted by Crippen LogP contribution is 2.31. The Kier molecular flexibility index (Phi) is 5.59. The van der Waals surface area contributed by atoms with Gasteiger partial charge in [-0.05, 0) is 36.1 Å². The Hall–Kier alpha value is -3.35. The Morgan fingerprint density at radius 3 is 2.45 bits per heavy atom. The summed E-state index contributed by atoms with van der Waals surface area (Å²) in [6, 6.07) is 13.1. The Bertz CT molecular complexity index is 1030. The molecule has 1 aromatic heterocycles. The number of rotatable bonds is 5. The number of hydrogen-bond acceptors (Lipinski definition) is 5. The number of benzene rings is 2. The predicted octanol–water partition coefficient (Wildman–Crippen LogP) is 4.14. The van der Waals surface area contributed by atoms with E-state index in [1.54, 1.807) is 44.0 Å². The third kappa shape index (κ3) is 4.08. The summed E-state index contributed by atoms with van der Waals surface area (Å²) in [7, 11) is 3.17. The molecule has 0 bridgehead atoms. The van der Waals surface area contributed by atoms with Crippen LogP contribution in [-0.4, -0.2) is 35.1 Å². The largest absolute Gasteiger partial charge is 0.497 e. The fourth-order valence-corrected chi connectivity index (χ4v) is 3.16. The molecule has 1 heterocycles. The van der Waals surface area contributed by atoms with Gasteiger partial charge in [-0.2, -0.15) is 0 Å². The average molecular weight is 394 g/mol. The zero-order chi connectivity index (χ0) is 21.2. The molecule has 3 rings (SSSR count). The number of amides is 1. The van der Waals surface area contributed by atoms with Gasteiger partial charge in [0.1, 0.15) is 17.2 Å². The summed E-state index contributed by atoms with van der Waals surface area (Å²) in [5.74, 6) is 0.942. The lowest BCUT2D eigenvalue weighted by Crippen LogP contribution is -2.19. The molecular weight excluding hydrogens is 368 g/mol. The lowest BCUT2D eigenvalue weighted by atomic mass is 9.86. The van der Waals surface area contributed by atoms with Crippen molar-refractivity contribution in [3.05, 3.63) is 59.4 Å². The van der Waals surface area contributed by atoms with Gasteiger partial charge in [-0.25, -0.2) is 4.68 Å². The normalized spacial score (nSPS) is 11.2. The molecule has 0 unspecified atom stereocenters. The summed E-state index contributed by atoms with van der Waals surface area (Å²) in [6.45, 7) is 8.11. The van der Waals surface area contributed by atoms with Gasteiger partial charge in [0.05, 0.1) is 19.9 Å². The van der Waals surface area contributed by atoms with Crippen LogP contribution in [0.1, 0.15) is 42.5 Å². The fraction of sp³-hybridized carbons (Fsp3) is 0.318. The third-order valence-electron chi connectivity index (χ3n) is 4.71. The van der Waals surface area contributed by atoms with Crippen molar-refractivity contribution >= 4 is 11.6 Å². The highest BCUT2D eigenvalue weighted by Gasteiger charge is 2.23. The van der Waals surface area contributed by atoms with Crippen LogP contribution in [0.4, 0.5) is 5.69 Å². The average Bonchev–Trinajstić information content (AvgIpc) is 3.08. The topological polar surface area (TPSA) is 78.3 Å². The number of hydrogen-bond donors (Lipinski definition) is 1. The van der Waals surface area contributed by atoms with Crippen LogP contribution in [0.3, 0.4) is 0 Å². The van der Waals surface area contributed by atoms with Gasteiger partial charge in [-0.15, -0.1) is 5.10 Å². The van der Waals surface area contributed by atoms with Crippen molar-refractivity contribution in [1.82, 2.24) is 15.0 Å².